The van der Waals surface area contributed by atoms with Gasteiger partial charge in [-0.15, -0.1) is 0 Å². The summed E-state index contributed by atoms with van der Waals surface area (Å²) in [6.07, 6.45) is 11.2. The maximum Gasteiger partial charge on any atom is 0.138 e. The average Bonchev–Trinajstić information content (AvgIpc) is 3.02. The van der Waals surface area contributed by atoms with E-state index in [2.05, 4.69) is 53.5 Å². The third-order valence-corrected chi connectivity index (χ3v) is 3.70. The van der Waals surface area contributed by atoms with E-state index >= 15 is 0 Å². The van der Waals surface area contributed by atoms with Gasteiger partial charge in [0.15, 0.2) is 0 Å². The lowest BCUT2D eigenvalue weighted by molar-refractivity contribution is 0.578. The molecule has 2 aromatic rings. The third-order valence-electron chi connectivity index (χ3n) is 3.70. The molecule has 1 heterocycles. The molecule has 0 aliphatic heterocycles. The largest absolute Gasteiger partial charge is 0.383 e. The Balaban J connectivity index is 1.75. The van der Waals surface area contributed by atoms with Crippen molar-refractivity contribution in [2.45, 2.75) is 58.4 Å². The molecule has 1 N–H and O–H groups in total. The molecule has 0 aliphatic carbocycles. The van der Waals surface area contributed by atoms with Crippen molar-refractivity contribution in [2.24, 2.45) is 0 Å². The van der Waals surface area contributed by atoms with Gasteiger partial charge in [0, 0.05) is 11.7 Å². The van der Waals surface area contributed by atoms with Gasteiger partial charge in [0.25, 0.3) is 0 Å². The summed E-state index contributed by atoms with van der Waals surface area (Å²) in [6.45, 7) is 4.51. The molecule has 21 heavy (non-hydrogen) atoms. The zero-order valence-corrected chi connectivity index (χ0v) is 13.1. The van der Waals surface area contributed by atoms with Gasteiger partial charge in [-0.05, 0) is 37.6 Å². The van der Waals surface area contributed by atoms with Crippen LogP contribution in [0.25, 0.3) is 5.69 Å². The van der Waals surface area contributed by atoms with Crippen LogP contribution < -0.4 is 5.32 Å². The average molecular weight is 286 g/mol. The number of unbranched alkanes of at least 4 members (excludes halogenated alkanes) is 4. The highest BCUT2D eigenvalue weighted by atomic mass is 15.3. The summed E-state index contributed by atoms with van der Waals surface area (Å²) in [7, 11) is 0. The number of benzene rings is 1. The topological polar surface area (TPSA) is 42.7 Å². The van der Waals surface area contributed by atoms with Gasteiger partial charge in [-0.2, -0.15) is 5.10 Å². The van der Waals surface area contributed by atoms with Gasteiger partial charge < -0.3 is 5.32 Å². The highest BCUT2D eigenvalue weighted by Crippen LogP contribution is 2.15. The summed E-state index contributed by atoms with van der Waals surface area (Å²) in [5.74, 6) is 0. The van der Waals surface area contributed by atoms with Gasteiger partial charge in [0.1, 0.15) is 12.7 Å². The Morgan fingerprint density at radius 1 is 1.10 bits per heavy atom. The fraction of sp³-hybridized carbons (Fsp3) is 0.529. The normalized spacial score (nSPS) is 12.3. The molecule has 0 fully saturated rings. The summed E-state index contributed by atoms with van der Waals surface area (Å²) >= 11 is 0. The van der Waals surface area contributed by atoms with E-state index in [0.717, 1.165) is 5.69 Å². The Hall–Kier alpha value is -1.84. The smallest absolute Gasteiger partial charge is 0.138 e. The lowest BCUT2D eigenvalue weighted by Crippen LogP contribution is -2.14. The molecule has 0 saturated carbocycles. The van der Waals surface area contributed by atoms with Gasteiger partial charge in [-0.3, -0.25) is 0 Å². The van der Waals surface area contributed by atoms with Crippen LogP contribution in [0.3, 0.4) is 0 Å². The molecule has 4 nitrogen and oxygen atoms in total. The van der Waals surface area contributed by atoms with Crippen LogP contribution in [0.15, 0.2) is 36.9 Å². The number of rotatable bonds is 9. The Kier molecular flexibility index (Phi) is 6.25. The van der Waals surface area contributed by atoms with Crippen molar-refractivity contribution >= 4 is 5.69 Å². The van der Waals surface area contributed by atoms with Crippen molar-refractivity contribution in [3.05, 3.63) is 36.9 Å². The Bertz CT molecular complexity index is 490. The first-order valence-corrected chi connectivity index (χ1v) is 8.01. The lowest BCUT2D eigenvalue weighted by Gasteiger charge is -2.15. The summed E-state index contributed by atoms with van der Waals surface area (Å²) in [5.41, 5.74) is 2.20. The van der Waals surface area contributed by atoms with Crippen LogP contribution in [-0.2, 0) is 0 Å². The molecule has 1 aromatic heterocycles. The van der Waals surface area contributed by atoms with Gasteiger partial charge in [0.05, 0.1) is 5.69 Å². The molecule has 0 amide bonds. The van der Waals surface area contributed by atoms with Crippen molar-refractivity contribution in [1.29, 1.82) is 0 Å². The monoisotopic (exact) mass is 286 g/mol. The molecule has 0 bridgehead atoms. The van der Waals surface area contributed by atoms with E-state index in [4.69, 9.17) is 0 Å². The zero-order chi connectivity index (χ0) is 14.9. The molecule has 0 aliphatic rings. The van der Waals surface area contributed by atoms with Crippen molar-refractivity contribution < 1.29 is 0 Å². The van der Waals surface area contributed by atoms with Crippen LogP contribution in [0.4, 0.5) is 5.69 Å². The molecule has 2 rings (SSSR count). The van der Waals surface area contributed by atoms with Crippen LogP contribution in [0, 0.1) is 0 Å². The van der Waals surface area contributed by atoms with Gasteiger partial charge in [-0.25, -0.2) is 9.67 Å². The van der Waals surface area contributed by atoms with E-state index < -0.39 is 0 Å². The van der Waals surface area contributed by atoms with Gasteiger partial charge >= 0.3 is 0 Å². The fourth-order valence-electron chi connectivity index (χ4n) is 2.46. The highest BCUT2D eigenvalue weighted by molar-refractivity contribution is 5.48. The van der Waals surface area contributed by atoms with E-state index in [-0.39, 0.29) is 0 Å². The summed E-state index contributed by atoms with van der Waals surface area (Å²) in [4.78, 5) is 3.96. The third kappa shape index (κ3) is 5.21. The first kappa shape index (κ1) is 15.5. The van der Waals surface area contributed by atoms with Crippen molar-refractivity contribution in [1.82, 2.24) is 14.8 Å². The molecule has 0 spiro atoms. The molecule has 0 radical (unpaired) electrons. The minimum absolute atomic E-state index is 0.517. The first-order chi connectivity index (χ1) is 10.3. The molecule has 0 saturated heterocycles. The fourth-order valence-corrected chi connectivity index (χ4v) is 2.46. The SMILES string of the molecule is CCCCCCCC(C)Nc1ccc(-n2cncn2)cc1. The Morgan fingerprint density at radius 3 is 2.52 bits per heavy atom. The second-order valence-corrected chi connectivity index (χ2v) is 5.64. The minimum atomic E-state index is 0.517. The molecular weight excluding hydrogens is 260 g/mol. The van der Waals surface area contributed by atoms with Crippen molar-refractivity contribution in [2.75, 3.05) is 5.32 Å². The minimum Gasteiger partial charge on any atom is -0.383 e. The second-order valence-electron chi connectivity index (χ2n) is 5.64. The second kappa shape index (κ2) is 8.45. The standard InChI is InChI=1S/C17H26N4/c1-3-4-5-6-7-8-15(2)20-16-9-11-17(12-10-16)21-14-18-13-19-21/h9-15,20H,3-8H2,1-2H3. The number of nitrogens with zero attached hydrogens (tertiary/aromatic N) is 3. The van der Waals surface area contributed by atoms with Gasteiger partial charge in [0.2, 0.25) is 0 Å². The van der Waals surface area contributed by atoms with E-state index in [1.165, 1.54) is 44.2 Å². The maximum absolute atomic E-state index is 4.13. The predicted octanol–water partition coefficient (Wildman–Crippen LogP) is 4.43. The molecule has 114 valence electrons. The summed E-state index contributed by atoms with van der Waals surface area (Å²) < 4.78 is 1.76. The maximum atomic E-state index is 4.13. The van der Waals surface area contributed by atoms with Crippen molar-refractivity contribution in [3.8, 4) is 5.69 Å². The molecular formula is C17H26N4. The van der Waals surface area contributed by atoms with Crippen LogP contribution >= 0.6 is 0 Å². The highest BCUT2D eigenvalue weighted by Gasteiger charge is 2.03. The molecule has 1 unspecified atom stereocenters. The van der Waals surface area contributed by atoms with E-state index in [1.54, 1.807) is 17.3 Å². The van der Waals surface area contributed by atoms with E-state index in [9.17, 15) is 0 Å². The predicted molar refractivity (Wildman–Crippen MR) is 87.8 cm³/mol. The molecule has 1 atom stereocenters. The number of hydrogen-bond donors (Lipinski definition) is 1. The number of nitrogens with one attached hydrogen (secondary N) is 1. The Morgan fingerprint density at radius 2 is 1.86 bits per heavy atom. The van der Waals surface area contributed by atoms with E-state index in [1.807, 2.05) is 0 Å². The summed E-state index contributed by atoms with van der Waals surface area (Å²) in [6, 6.07) is 8.84. The quantitative estimate of drug-likeness (QED) is 0.693. The van der Waals surface area contributed by atoms with Crippen molar-refractivity contribution in [3.63, 3.8) is 0 Å². The van der Waals surface area contributed by atoms with Crippen LogP contribution in [-0.4, -0.2) is 20.8 Å². The zero-order valence-electron chi connectivity index (χ0n) is 13.1. The lowest BCUT2D eigenvalue weighted by atomic mass is 10.1. The van der Waals surface area contributed by atoms with E-state index in [0.29, 0.717) is 6.04 Å². The van der Waals surface area contributed by atoms with Crippen LogP contribution in [0.1, 0.15) is 52.4 Å². The van der Waals surface area contributed by atoms with Gasteiger partial charge in [-0.1, -0.05) is 39.0 Å². The van der Waals surface area contributed by atoms with Crippen LogP contribution in [0.5, 0.6) is 0 Å². The number of aromatic nitrogens is 3. The number of anilines is 1. The Labute approximate surface area is 127 Å². The first-order valence-electron chi connectivity index (χ1n) is 8.01. The molecule has 1 aromatic carbocycles. The summed E-state index contributed by atoms with van der Waals surface area (Å²) in [5, 5.41) is 7.69. The molecule has 4 heteroatoms. The number of hydrogen-bond acceptors (Lipinski definition) is 3. The van der Waals surface area contributed by atoms with Crippen LogP contribution in [0.2, 0.25) is 0 Å².